The van der Waals surface area contributed by atoms with Crippen molar-refractivity contribution in [2.45, 2.75) is 20.4 Å². The third kappa shape index (κ3) is 3.78. The van der Waals surface area contributed by atoms with Gasteiger partial charge in [-0.1, -0.05) is 0 Å². The van der Waals surface area contributed by atoms with Crippen molar-refractivity contribution in [3.05, 3.63) is 62.1 Å². The van der Waals surface area contributed by atoms with E-state index in [0.717, 1.165) is 0 Å². The van der Waals surface area contributed by atoms with Gasteiger partial charge in [0.1, 0.15) is 6.54 Å². The second-order valence-electron chi connectivity index (χ2n) is 5.25. The van der Waals surface area contributed by atoms with E-state index in [4.69, 9.17) is 4.74 Å². The van der Waals surface area contributed by atoms with E-state index in [-0.39, 0.29) is 29.3 Å². The van der Waals surface area contributed by atoms with Gasteiger partial charge in [0.05, 0.1) is 12.0 Å². The van der Waals surface area contributed by atoms with Crippen LogP contribution < -0.4 is 15.5 Å². The maximum Gasteiger partial charge on any atom is 0.312 e. The van der Waals surface area contributed by atoms with Gasteiger partial charge in [-0.3, -0.25) is 19.7 Å². The summed E-state index contributed by atoms with van der Waals surface area (Å²) < 4.78 is 6.61. The molecule has 0 aliphatic carbocycles. The number of nitrogens with one attached hydrogen (secondary N) is 1. The van der Waals surface area contributed by atoms with Gasteiger partial charge in [0.2, 0.25) is 5.91 Å². The lowest BCUT2D eigenvalue weighted by atomic mass is 10.2. The van der Waals surface area contributed by atoms with Crippen molar-refractivity contribution in [1.82, 2.24) is 4.57 Å². The highest BCUT2D eigenvalue weighted by molar-refractivity contribution is 5.91. The molecule has 1 aromatic heterocycles. The van der Waals surface area contributed by atoms with Crippen LogP contribution in [0.5, 0.6) is 5.75 Å². The number of hydrogen-bond acceptors (Lipinski definition) is 5. The van der Waals surface area contributed by atoms with Gasteiger partial charge in [0, 0.05) is 35.3 Å². The number of aryl methyl sites for hydroxylation is 2. The molecule has 24 heavy (non-hydrogen) atoms. The van der Waals surface area contributed by atoms with Gasteiger partial charge in [-0.15, -0.1) is 0 Å². The molecule has 0 radical (unpaired) electrons. The van der Waals surface area contributed by atoms with Gasteiger partial charge in [-0.05, 0) is 26.0 Å². The average Bonchev–Trinajstić information content (AvgIpc) is 2.50. The molecular weight excluding hydrogens is 314 g/mol. The second kappa shape index (κ2) is 6.95. The van der Waals surface area contributed by atoms with Crippen molar-refractivity contribution >= 4 is 17.3 Å². The Bertz CT molecular complexity index is 831. The number of nitrogens with zero attached hydrogens (tertiary/aromatic N) is 2. The summed E-state index contributed by atoms with van der Waals surface area (Å²) in [5.41, 5.74) is 1.27. The zero-order chi connectivity index (χ0) is 17.9. The Labute approximate surface area is 137 Å². The summed E-state index contributed by atoms with van der Waals surface area (Å²) in [5.74, 6) is -0.241. The van der Waals surface area contributed by atoms with E-state index < -0.39 is 4.92 Å². The number of nitro benzene ring substituents is 1. The predicted molar refractivity (Wildman–Crippen MR) is 88.5 cm³/mol. The zero-order valence-electron chi connectivity index (χ0n) is 13.5. The lowest BCUT2D eigenvalue weighted by Gasteiger charge is -2.14. The number of pyridine rings is 1. The second-order valence-corrected chi connectivity index (χ2v) is 5.25. The molecular formula is C16H17N3O5. The molecule has 2 rings (SSSR count). The predicted octanol–water partition coefficient (Wildman–Crippen LogP) is 2.02. The fraction of sp³-hybridized carbons (Fsp3) is 0.250. The molecule has 8 nitrogen and oxygen atoms in total. The Hall–Kier alpha value is -3.16. The quantitative estimate of drug-likeness (QED) is 0.667. The number of nitro groups is 1. The lowest BCUT2D eigenvalue weighted by molar-refractivity contribution is -0.385. The summed E-state index contributed by atoms with van der Waals surface area (Å²) in [6.45, 7) is 3.47. The Morgan fingerprint density at radius 3 is 2.42 bits per heavy atom. The van der Waals surface area contributed by atoms with Gasteiger partial charge in [-0.2, -0.15) is 0 Å². The largest absolute Gasteiger partial charge is 0.490 e. The average molecular weight is 331 g/mol. The molecule has 0 spiro atoms. The highest BCUT2D eigenvalue weighted by Crippen LogP contribution is 2.29. The van der Waals surface area contributed by atoms with Gasteiger partial charge in [0.15, 0.2) is 11.2 Å². The highest BCUT2D eigenvalue weighted by atomic mass is 16.6. The summed E-state index contributed by atoms with van der Waals surface area (Å²) in [6, 6.07) is 7.07. The number of rotatable bonds is 5. The van der Waals surface area contributed by atoms with Gasteiger partial charge < -0.3 is 14.6 Å². The monoisotopic (exact) mass is 331 g/mol. The van der Waals surface area contributed by atoms with Gasteiger partial charge >= 0.3 is 5.69 Å². The third-order valence-corrected chi connectivity index (χ3v) is 3.51. The van der Waals surface area contributed by atoms with E-state index >= 15 is 0 Å². The molecule has 0 aliphatic heterocycles. The molecule has 0 atom stereocenters. The van der Waals surface area contributed by atoms with E-state index in [1.54, 1.807) is 18.4 Å². The van der Waals surface area contributed by atoms with Crippen LogP contribution in [0.3, 0.4) is 0 Å². The van der Waals surface area contributed by atoms with Crippen LogP contribution in [0, 0.1) is 24.0 Å². The number of amides is 1. The minimum atomic E-state index is -0.579. The molecule has 0 aliphatic rings. The lowest BCUT2D eigenvalue weighted by Crippen LogP contribution is -2.23. The van der Waals surface area contributed by atoms with Crippen molar-refractivity contribution in [3.63, 3.8) is 0 Å². The molecule has 1 N–H and O–H groups in total. The normalized spacial score (nSPS) is 10.3. The van der Waals surface area contributed by atoms with Crippen LogP contribution >= 0.6 is 0 Å². The van der Waals surface area contributed by atoms with E-state index in [9.17, 15) is 19.7 Å². The first-order chi connectivity index (χ1) is 11.3. The van der Waals surface area contributed by atoms with E-state index in [2.05, 4.69) is 5.32 Å². The van der Waals surface area contributed by atoms with Crippen molar-refractivity contribution in [2.24, 2.45) is 0 Å². The molecule has 0 bridgehead atoms. The first kappa shape index (κ1) is 17.2. The molecule has 0 saturated carbocycles. The van der Waals surface area contributed by atoms with Crippen LogP contribution in [-0.4, -0.2) is 22.5 Å². The molecule has 0 saturated heterocycles. The maximum atomic E-state index is 12.2. The standard InChI is InChI=1S/C16H17N3O5/c1-10-6-13(20)7-11(2)18(10)9-16(21)17-12-4-5-15(24-3)14(8-12)19(22)23/h4-8H,9H2,1-3H3,(H,17,21). The van der Waals surface area contributed by atoms with Crippen molar-refractivity contribution < 1.29 is 14.5 Å². The van der Waals surface area contributed by atoms with Crippen molar-refractivity contribution in [2.75, 3.05) is 12.4 Å². The van der Waals surface area contributed by atoms with Gasteiger partial charge in [0.25, 0.3) is 0 Å². The van der Waals surface area contributed by atoms with Crippen LogP contribution in [0.2, 0.25) is 0 Å². The molecule has 1 heterocycles. The SMILES string of the molecule is COc1ccc(NC(=O)Cn2c(C)cc(=O)cc2C)cc1[N+](=O)[O-]. The highest BCUT2D eigenvalue weighted by Gasteiger charge is 2.16. The first-order valence-electron chi connectivity index (χ1n) is 7.12. The van der Waals surface area contributed by atoms with Crippen LogP contribution in [0.25, 0.3) is 0 Å². The minimum Gasteiger partial charge on any atom is -0.490 e. The zero-order valence-corrected chi connectivity index (χ0v) is 13.5. The summed E-state index contributed by atoms with van der Waals surface area (Å²) in [6.07, 6.45) is 0. The van der Waals surface area contributed by atoms with Crippen molar-refractivity contribution in [1.29, 1.82) is 0 Å². The number of anilines is 1. The third-order valence-electron chi connectivity index (χ3n) is 3.51. The molecule has 126 valence electrons. The van der Waals surface area contributed by atoms with Crippen LogP contribution in [-0.2, 0) is 11.3 Å². The number of benzene rings is 1. The van der Waals surface area contributed by atoms with Crippen LogP contribution in [0.4, 0.5) is 11.4 Å². The van der Waals surface area contributed by atoms with Crippen molar-refractivity contribution in [3.8, 4) is 5.75 Å². The number of hydrogen-bond donors (Lipinski definition) is 1. The minimum absolute atomic E-state index is 0.00221. The maximum absolute atomic E-state index is 12.2. The molecule has 0 fully saturated rings. The molecule has 8 heteroatoms. The molecule has 1 amide bonds. The fourth-order valence-corrected chi connectivity index (χ4v) is 2.39. The van der Waals surface area contributed by atoms with E-state index in [1.807, 2.05) is 0 Å². The Balaban J connectivity index is 2.20. The van der Waals surface area contributed by atoms with Crippen LogP contribution in [0.1, 0.15) is 11.4 Å². The Morgan fingerprint density at radius 2 is 1.88 bits per heavy atom. The number of ether oxygens (including phenoxy) is 1. The van der Waals surface area contributed by atoms with E-state index in [0.29, 0.717) is 17.1 Å². The summed E-state index contributed by atoms with van der Waals surface area (Å²) in [5, 5.41) is 13.6. The molecule has 0 unspecified atom stereocenters. The molecule has 2 aromatic rings. The number of carbonyl (C=O) groups is 1. The summed E-state index contributed by atoms with van der Waals surface area (Å²) in [4.78, 5) is 34.0. The summed E-state index contributed by atoms with van der Waals surface area (Å²) in [7, 11) is 1.34. The van der Waals surface area contributed by atoms with E-state index in [1.165, 1.54) is 37.4 Å². The Kier molecular flexibility index (Phi) is 4.98. The number of carbonyl (C=O) groups excluding carboxylic acids is 1. The topological polar surface area (TPSA) is 103 Å². The fourth-order valence-electron chi connectivity index (χ4n) is 2.39. The first-order valence-corrected chi connectivity index (χ1v) is 7.12. The smallest absolute Gasteiger partial charge is 0.312 e. The number of methoxy groups -OCH3 is 1. The number of aromatic nitrogens is 1. The Morgan fingerprint density at radius 1 is 1.25 bits per heavy atom. The summed E-state index contributed by atoms with van der Waals surface area (Å²) >= 11 is 0. The van der Waals surface area contributed by atoms with Gasteiger partial charge in [-0.25, -0.2) is 0 Å². The van der Waals surface area contributed by atoms with Crippen LogP contribution in [0.15, 0.2) is 35.1 Å². The molecule has 1 aromatic carbocycles.